The lowest BCUT2D eigenvalue weighted by Gasteiger charge is -2.25. The minimum absolute atomic E-state index is 0.125. The molecule has 6 aromatic rings. The molecule has 1 aliphatic rings. The highest BCUT2D eigenvalue weighted by atomic mass is 16.3. The summed E-state index contributed by atoms with van der Waals surface area (Å²) < 4.78 is 0. The van der Waals surface area contributed by atoms with Crippen molar-refractivity contribution >= 4 is 0 Å². The molecule has 6 heteroatoms. The third-order valence-electron chi connectivity index (χ3n) is 12.4. The Morgan fingerprint density at radius 2 is 0.517 bits per heavy atom. The average Bonchev–Trinajstić information content (AvgIpc) is 3.14. The molecule has 6 aromatic carbocycles. The van der Waals surface area contributed by atoms with Gasteiger partial charge in [0.2, 0.25) is 0 Å². The lowest BCUT2D eigenvalue weighted by Crippen LogP contribution is -2.13. The second kappa shape index (κ2) is 15.6. The molecule has 0 spiro atoms. The molecule has 0 amide bonds. The van der Waals surface area contributed by atoms with Gasteiger partial charge in [-0.15, -0.1) is 0 Å². The summed E-state index contributed by atoms with van der Waals surface area (Å²) in [5, 5.41) is 69.8. The summed E-state index contributed by atoms with van der Waals surface area (Å²) in [5.74, 6) is 1.07. The van der Waals surface area contributed by atoms with E-state index in [-0.39, 0.29) is 71.0 Å². The van der Waals surface area contributed by atoms with Crippen molar-refractivity contribution in [1.82, 2.24) is 0 Å². The van der Waals surface area contributed by atoms with Crippen LogP contribution in [0.4, 0.5) is 0 Å². The third kappa shape index (κ3) is 8.56. The fourth-order valence-electron chi connectivity index (χ4n) is 8.92. The van der Waals surface area contributed by atoms with Crippen LogP contribution in [0.3, 0.4) is 0 Å². The molecular weight excluding hydrogens is 745 g/mol. The van der Waals surface area contributed by atoms with Crippen LogP contribution >= 0.6 is 0 Å². The first-order valence-electron chi connectivity index (χ1n) is 21.0. The Balaban J connectivity index is 1.47. The Morgan fingerprint density at radius 3 is 0.733 bits per heavy atom. The van der Waals surface area contributed by atoms with Crippen LogP contribution in [-0.2, 0) is 49.4 Å². The summed E-state index contributed by atoms with van der Waals surface area (Å²) in [6.45, 7) is 20.4. The third-order valence-corrected chi connectivity index (χ3v) is 12.4. The molecule has 0 unspecified atom stereocenters. The van der Waals surface area contributed by atoms with Gasteiger partial charge in [-0.25, -0.2) is 0 Å². The molecule has 6 nitrogen and oxygen atoms in total. The van der Waals surface area contributed by atoms with E-state index in [9.17, 15) is 30.6 Å². The molecule has 8 bridgehead atoms. The van der Waals surface area contributed by atoms with Gasteiger partial charge in [0.05, 0.1) is 0 Å². The summed E-state index contributed by atoms with van der Waals surface area (Å²) >= 11 is 0. The zero-order chi connectivity index (χ0) is 43.6. The Morgan fingerprint density at radius 1 is 0.317 bits per heavy atom. The van der Waals surface area contributed by atoms with Crippen molar-refractivity contribution < 1.29 is 30.6 Å². The van der Waals surface area contributed by atoms with Gasteiger partial charge in [-0.05, 0) is 152 Å². The largest absolute Gasteiger partial charge is 0.507 e. The van der Waals surface area contributed by atoms with Gasteiger partial charge >= 0.3 is 0 Å². The SMILES string of the molecule is Cc1cc(Cc2cc3c(O)c(c2)Cc2cc(C(C)(C)C)cc(c2O)Cc2cc(Cc4cc(C)c(O)c(C)c4)cc(c2O)Cc2cc(C(C)(C)C)cc(c2O)C3)cc(C)c1O. The van der Waals surface area contributed by atoms with E-state index in [0.29, 0.717) is 57.3 Å². The van der Waals surface area contributed by atoms with Gasteiger partial charge in [0.1, 0.15) is 34.5 Å². The van der Waals surface area contributed by atoms with Crippen molar-refractivity contribution in [2.45, 2.75) is 119 Å². The first-order chi connectivity index (χ1) is 28.0. The standard InChI is InChI=1S/C54H60O6/c1-29-11-33(12-30(2)47(29)55)15-35-17-37-21-41-25-45(53(5,6)7)27-43(51(41)59)23-39-19-36(16-34-13-31(3)48(56)32(4)14-34)20-40(50(39)58)24-44-28-46(54(8,9)10)26-42(52(44)60)22-38(18-35)49(37)57/h11-14,17-20,25-28,55-60H,15-16,21-24H2,1-10H3. The summed E-state index contributed by atoms with van der Waals surface area (Å²) in [5.41, 5.74) is 14.0. The first kappa shape index (κ1) is 42.3. The fourth-order valence-corrected chi connectivity index (χ4v) is 8.92. The molecule has 312 valence electrons. The highest BCUT2D eigenvalue weighted by molar-refractivity contribution is 5.59. The van der Waals surface area contributed by atoms with E-state index < -0.39 is 0 Å². The van der Waals surface area contributed by atoms with Crippen molar-refractivity contribution in [2.24, 2.45) is 0 Å². The van der Waals surface area contributed by atoms with Crippen LogP contribution in [0.1, 0.15) is 142 Å². The van der Waals surface area contributed by atoms with Crippen molar-refractivity contribution in [3.05, 3.63) is 173 Å². The second-order valence-corrected chi connectivity index (χ2v) is 19.5. The van der Waals surface area contributed by atoms with E-state index in [1.807, 2.05) is 100 Å². The van der Waals surface area contributed by atoms with Crippen LogP contribution in [0.25, 0.3) is 0 Å². The molecule has 0 saturated heterocycles. The summed E-state index contributed by atoms with van der Waals surface area (Å²) in [6, 6.07) is 24.1. The topological polar surface area (TPSA) is 121 Å². The number of rotatable bonds is 4. The van der Waals surface area contributed by atoms with Crippen LogP contribution in [0.15, 0.2) is 72.8 Å². The van der Waals surface area contributed by atoms with Crippen molar-refractivity contribution in [1.29, 1.82) is 0 Å². The average molecular weight is 805 g/mol. The Bertz CT molecular complexity index is 2340. The lowest BCUT2D eigenvalue weighted by atomic mass is 9.81. The maximum absolute atomic E-state index is 12.2. The molecule has 6 N–H and O–H groups in total. The van der Waals surface area contributed by atoms with Gasteiger partial charge in [0, 0.05) is 25.7 Å². The van der Waals surface area contributed by atoms with E-state index in [1.54, 1.807) is 0 Å². The molecule has 0 atom stereocenters. The van der Waals surface area contributed by atoms with Gasteiger partial charge in [0.15, 0.2) is 0 Å². The van der Waals surface area contributed by atoms with Crippen LogP contribution in [0.5, 0.6) is 34.5 Å². The number of aryl methyl sites for hydroxylation is 4. The highest BCUT2D eigenvalue weighted by Crippen LogP contribution is 2.42. The molecule has 0 heterocycles. The normalized spacial score (nSPS) is 13.1. The molecule has 0 fully saturated rings. The van der Waals surface area contributed by atoms with E-state index in [1.165, 1.54) is 0 Å². The number of fused-ring (bicyclic) bond motifs is 8. The van der Waals surface area contributed by atoms with Crippen molar-refractivity contribution in [3.63, 3.8) is 0 Å². The highest BCUT2D eigenvalue weighted by Gasteiger charge is 2.26. The summed E-state index contributed by atoms with van der Waals surface area (Å²) in [7, 11) is 0. The Kier molecular flexibility index (Phi) is 11.0. The monoisotopic (exact) mass is 804 g/mol. The molecule has 0 aromatic heterocycles. The maximum atomic E-state index is 12.2. The molecule has 7 rings (SSSR count). The van der Waals surface area contributed by atoms with E-state index >= 15 is 0 Å². The molecule has 1 aliphatic carbocycles. The number of benzene rings is 6. The van der Waals surface area contributed by atoms with E-state index in [2.05, 4.69) is 41.5 Å². The minimum atomic E-state index is -0.268. The van der Waals surface area contributed by atoms with Crippen molar-refractivity contribution in [2.75, 3.05) is 0 Å². The number of hydrogen-bond donors (Lipinski definition) is 6. The Hall–Kier alpha value is -5.88. The zero-order valence-corrected chi connectivity index (χ0v) is 36.9. The van der Waals surface area contributed by atoms with Crippen LogP contribution in [-0.4, -0.2) is 30.6 Å². The zero-order valence-electron chi connectivity index (χ0n) is 36.9. The van der Waals surface area contributed by atoms with E-state index in [4.69, 9.17) is 0 Å². The van der Waals surface area contributed by atoms with Gasteiger partial charge in [-0.1, -0.05) is 114 Å². The molecule has 0 radical (unpaired) electrons. The quantitative estimate of drug-likeness (QED) is 0.105. The van der Waals surface area contributed by atoms with Crippen LogP contribution in [0.2, 0.25) is 0 Å². The van der Waals surface area contributed by atoms with Crippen LogP contribution in [0, 0.1) is 27.7 Å². The predicted octanol–water partition coefficient (Wildman–Crippen LogP) is 11.6. The number of phenolic OH excluding ortho intramolecular Hbond substituents is 6. The van der Waals surface area contributed by atoms with Gasteiger partial charge in [-0.2, -0.15) is 0 Å². The van der Waals surface area contributed by atoms with Crippen LogP contribution < -0.4 is 0 Å². The first-order valence-corrected chi connectivity index (χ1v) is 21.0. The van der Waals surface area contributed by atoms with Gasteiger partial charge in [0.25, 0.3) is 0 Å². The number of phenols is 6. The fraction of sp³-hybridized carbons (Fsp3) is 0.333. The van der Waals surface area contributed by atoms with Crippen molar-refractivity contribution in [3.8, 4) is 34.5 Å². The maximum Gasteiger partial charge on any atom is 0.122 e. The molecular formula is C54H60O6. The molecule has 0 saturated carbocycles. The smallest absolute Gasteiger partial charge is 0.122 e. The number of hydrogen-bond acceptors (Lipinski definition) is 6. The molecule has 60 heavy (non-hydrogen) atoms. The van der Waals surface area contributed by atoms with Gasteiger partial charge in [-0.3, -0.25) is 0 Å². The summed E-state index contributed by atoms with van der Waals surface area (Å²) in [4.78, 5) is 0. The predicted molar refractivity (Wildman–Crippen MR) is 242 cm³/mol. The molecule has 0 aliphatic heterocycles. The second-order valence-electron chi connectivity index (χ2n) is 19.5. The number of aromatic hydroxyl groups is 6. The van der Waals surface area contributed by atoms with Gasteiger partial charge < -0.3 is 30.6 Å². The lowest BCUT2D eigenvalue weighted by molar-refractivity contribution is 0.449. The summed E-state index contributed by atoms with van der Waals surface area (Å²) in [6.07, 6.45) is 2.11. The minimum Gasteiger partial charge on any atom is -0.507 e. The Labute approximate surface area is 355 Å². The van der Waals surface area contributed by atoms with E-state index in [0.717, 1.165) is 55.6 Å².